The van der Waals surface area contributed by atoms with Crippen molar-refractivity contribution < 1.29 is 23.1 Å². The van der Waals surface area contributed by atoms with Gasteiger partial charge >= 0.3 is 5.97 Å². The number of nitrogens with zero attached hydrogens (tertiary/aromatic N) is 1. The van der Waals surface area contributed by atoms with Crippen LogP contribution in [0.5, 0.6) is 0 Å². The number of carboxylic acid groups (broad SMARTS) is 1. The van der Waals surface area contributed by atoms with Crippen LogP contribution >= 0.6 is 0 Å². The molecule has 0 bridgehead atoms. The molecule has 0 saturated carbocycles. The van der Waals surface area contributed by atoms with Crippen molar-refractivity contribution in [3.05, 3.63) is 0 Å². The maximum absolute atomic E-state index is 12.1. The molecule has 0 aromatic rings. The van der Waals surface area contributed by atoms with E-state index in [1.54, 1.807) is 6.92 Å². The third-order valence-electron chi connectivity index (χ3n) is 3.96. The van der Waals surface area contributed by atoms with Crippen LogP contribution in [0.25, 0.3) is 0 Å². The van der Waals surface area contributed by atoms with Gasteiger partial charge in [-0.25, -0.2) is 9.93 Å². The molecule has 4 N–H and O–H groups in total. The standard InChI is InChI=1S/C12H23N3O5S/c1-3-8(2)10(12(17)18)14-11(16)9-4-6-15(7-5-9)21(13,19)20/h8-10H,3-7H2,1-2H3,(H,14,16)(H,17,18)(H2,13,19,20)/t8-,10-/m0/s1. The van der Waals surface area contributed by atoms with Crippen LogP contribution in [0.3, 0.4) is 0 Å². The molecule has 21 heavy (non-hydrogen) atoms. The Morgan fingerprint density at radius 2 is 1.90 bits per heavy atom. The van der Waals surface area contributed by atoms with Gasteiger partial charge in [0.1, 0.15) is 6.04 Å². The molecule has 1 aliphatic rings. The number of nitrogens with one attached hydrogen (secondary N) is 1. The highest BCUT2D eigenvalue weighted by Gasteiger charge is 2.32. The van der Waals surface area contributed by atoms with Gasteiger partial charge < -0.3 is 10.4 Å². The van der Waals surface area contributed by atoms with Gasteiger partial charge in [0.15, 0.2) is 0 Å². The summed E-state index contributed by atoms with van der Waals surface area (Å²) in [6.45, 7) is 3.98. The molecule has 1 saturated heterocycles. The Morgan fingerprint density at radius 3 is 2.29 bits per heavy atom. The van der Waals surface area contributed by atoms with Gasteiger partial charge in [-0.2, -0.15) is 12.7 Å². The predicted octanol–water partition coefficient (Wildman–Crippen LogP) is -0.483. The van der Waals surface area contributed by atoms with Gasteiger partial charge in [-0.05, 0) is 18.8 Å². The van der Waals surface area contributed by atoms with Crippen LogP contribution in [0.15, 0.2) is 0 Å². The van der Waals surface area contributed by atoms with Crippen LogP contribution in [0.2, 0.25) is 0 Å². The van der Waals surface area contributed by atoms with E-state index in [9.17, 15) is 18.0 Å². The molecule has 1 amide bonds. The van der Waals surface area contributed by atoms with Crippen LogP contribution < -0.4 is 10.5 Å². The first kappa shape index (κ1) is 17.9. The van der Waals surface area contributed by atoms with Crippen molar-refractivity contribution in [2.75, 3.05) is 13.1 Å². The first-order chi connectivity index (χ1) is 9.66. The SMILES string of the molecule is CC[C@H](C)[C@H](NC(=O)C1CCN(S(N)(=O)=O)CC1)C(=O)O. The number of carbonyl (C=O) groups is 2. The Kier molecular flexibility index (Phi) is 6.11. The lowest BCUT2D eigenvalue weighted by atomic mass is 9.94. The highest BCUT2D eigenvalue weighted by Crippen LogP contribution is 2.19. The summed E-state index contributed by atoms with van der Waals surface area (Å²) in [7, 11) is -3.72. The van der Waals surface area contributed by atoms with E-state index in [1.807, 2.05) is 6.92 Å². The minimum Gasteiger partial charge on any atom is -0.480 e. The molecule has 1 aliphatic heterocycles. The van der Waals surface area contributed by atoms with E-state index in [1.165, 1.54) is 0 Å². The number of hydrogen-bond donors (Lipinski definition) is 3. The lowest BCUT2D eigenvalue weighted by Crippen LogP contribution is -2.50. The van der Waals surface area contributed by atoms with Crippen LogP contribution in [0.4, 0.5) is 0 Å². The number of piperidine rings is 1. The molecule has 1 rings (SSSR count). The normalized spacial score (nSPS) is 20.7. The number of rotatable bonds is 6. The maximum atomic E-state index is 12.1. The average molecular weight is 321 g/mol. The lowest BCUT2D eigenvalue weighted by molar-refractivity contribution is -0.144. The summed E-state index contributed by atoms with van der Waals surface area (Å²) in [5.74, 6) is -1.94. The molecule has 8 nitrogen and oxygen atoms in total. The van der Waals surface area contributed by atoms with Gasteiger partial charge in [0.2, 0.25) is 5.91 Å². The summed E-state index contributed by atoms with van der Waals surface area (Å²) >= 11 is 0. The summed E-state index contributed by atoms with van der Waals surface area (Å²) in [5, 5.41) is 16.7. The second-order valence-electron chi connectivity index (χ2n) is 5.43. The second kappa shape index (κ2) is 7.19. The third kappa shape index (κ3) is 4.94. The number of aliphatic carboxylic acids is 1. The highest BCUT2D eigenvalue weighted by molar-refractivity contribution is 7.86. The Balaban J connectivity index is 2.59. The average Bonchev–Trinajstić information content (AvgIpc) is 2.42. The summed E-state index contributed by atoms with van der Waals surface area (Å²) in [6, 6.07) is -0.918. The summed E-state index contributed by atoms with van der Waals surface area (Å²) in [6.07, 6.45) is 1.32. The summed E-state index contributed by atoms with van der Waals surface area (Å²) in [5.41, 5.74) is 0. The van der Waals surface area contributed by atoms with E-state index in [0.717, 1.165) is 4.31 Å². The molecular weight excluding hydrogens is 298 g/mol. The number of carboxylic acids is 1. The van der Waals surface area contributed by atoms with Crippen molar-refractivity contribution in [3.63, 3.8) is 0 Å². The zero-order valence-electron chi connectivity index (χ0n) is 12.3. The fraction of sp³-hybridized carbons (Fsp3) is 0.833. The Labute approximate surface area is 124 Å². The summed E-state index contributed by atoms with van der Waals surface area (Å²) in [4.78, 5) is 23.3. The summed E-state index contributed by atoms with van der Waals surface area (Å²) < 4.78 is 23.5. The van der Waals surface area contributed by atoms with E-state index >= 15 is 0 Å². The first-order valence-electron chi connectivity index (χ1n) is 6.97. The molecule has 0 aliphatic carbocycles. The molecule has 0 radical (unpaired) electrons. The second-order valence-corrected chi connectivity index (χ2v) is 6.97. The fourth-order valence-electron chi connectivity index (χ4n) is 2.33. The molecule has 0 unspecified atom stereocenters. The number of carbonyl (C=O) groups excluding carboxylic acids is 1. The Morgan fingerprint density at radius 1 is 1.38 bits per heavy atom. The van der Waals surface area contributed by atoms with E-state index < -0.39 is 22.2 Å². The van der Waals surface area contributed by atoms with E-state index in [4.69, 9.17) is 10.2 Å². The van der Waals surface area contributed by atoms with Gasteiger partial charge in [-0.15, -0.1) is 0 Å². The number of nitrogens with two attached hydrogens (primary N) is 1. The molecule has 0 aromatic heterocycles. The van der Waals surface area contributed by atoms with E-state index in [0.29, 0.717) is 19.3 Å². The molecule has 1 heterocycles. The van der Waals surface area contributed by atoms with E-state index in [2.05, 4.69) is 5.32 Å². The van der Waals surface area contributed by atoms with Crippen LogP contribution in [0.1, 0.15) is 33.1 Å². The van der Waals surface area contributed by atoms with Crippen molar-refractivity contribution in [2.24, 2.45) is 17.0 Å². The zero-order chi connectivity index (χ0) is 16.2. The minimum atomic E-state index is -3.72. The van der Waals surface area contributed by atoms with Gasteiger partial charge in [-0.3, -0.25) is 4.79 Å². The number of amides is 1. The smallest absolute Gasteiger partial charge is 0.326 e. The van der Waals surface area contributed by atoms with Crippen molar-refractivity contribution in [1.82, 2.24) is 9.62 Å². The third-order valence-corrected chi connectivity index (χ3v) is 5.05. The Hall–Kier alpha value is -1.19. The van der Waals surface area contributed by atoms with E-state index in [-0.39, 0.29) is 30.8 Å². The lowest BCUT2D eigenvalue weighted by Gasteiger charge is -2.30. The van der Waals surface area contributed by atoms with Crippen molar-refractivity contribution in [3.8, 4) is 0 Å². The van der Waals surface area contributed by atoms with Crippen molar-refractivity contribution in [1.29, 1.82) is 0 Å². The first-order valence-corrected chi connectivity index (χ1v) is 8.48. The van der Waals surface area contributed by atoms with Crippen LogP contribution in [-0.2, 0) is 19.8 Å². The Bertz CT molecular complexity index is 485. The molecule has 9 heteroatoms. The number of hydrogen-bond acceptors (Lipinski definition) is 4. The molecule has 0 aromatic carbocycles. The minimum absolute atomic E-state index is 0.170. The topological polar surface area (TPSA) is 130 Å². The van der Waals surface area contributed by atoms with Gasteiger partial charge in [-0.1, -0.05) is 20.3 Å². The maximum Gasteiger partial charge on any atom is 0.326 e. The van der Waals surface area contributed by atoms with Gasteiger partial charge in [0, 0.05) is 19.0 Å². The van der Waals surface area contributed by atoms with Crippen molar-refractivity contribution in [2.45, 2.75) is 39.2 Å². The van der Waals surface area contributed by atoms with Gasteiger partial charge in [0.25, 0.3) is 10.2 Å². The zero-order valence-corrected chi connectivity index (χ0v) is 13.1. The molecule has 0 spiro atoms. The monoisotopic (exact) mass is 321 g/mol. The molecular formula is C12H23N3O5S. The highest BCUT2D eigenvalue weighted by atomic mass is 32.2. The molecule has 122 valence electrons. The van der Waals surface area contributed by atoms with Crippen molar-refractivity contribution >= 4 is 22.1 Å². The predicted molar refractivity (Wildman–Crippen MR) is 76.4 cm³/mol. The fourth-order valence-corrected chi connectivity index (χ4v) is 3.05. The molecule has 1 fully saturated rings. The van der Waals surface area contributed by atoms with Crippen LogP contribution in [-0.4, -0.2) is 48.8 Å². The molecule has 2 atom stereocenters. The quantitative estimate of drug-likeness (QED) is 0.608. The van der Waals surface area contributed by atoms with Gasteiger partial charge in [0.05, 0.1) is 0 Å². The largest absolute Gasteiger partial charge is 0.480 e. The van der Waals surface area contributed by atoms with Crippen LogP contribution in [0, 0.1) is 11.8 Å².